The Labute approximate surface area is 208 Å². The highest BCUT2D eigenvalue weighted by atomic mass is 127. The number of hydrogen-bond donors (Lipinski definition) is 1. The van der Waals surface area contributed by atoms with E-state index in [0.29, 0.717) is 29.4 Å². The summed E-state index contributed by atoms with van der Waals surface area (Å²) in [5.41, 5.74) is 2.34. The van der Waals surface area contributed by atoms with E-state index in [9.17, 15) is 10.1 Å². The smallest absolute Gasteiger partial charge is 0.266 e. The molecule has 156 valence electrons. The Bertz CT molecular complexity index is 1160. The number of anilines is 1. The van der Waals surface area contributed by atoms with Crippen LogP contribution in [0.1, 0.15) is 11.1 Å². The molecule has 3 rings (SSSR count). The third-order valence-corrected chi connectivity index (χ3v) is 5.71. The molecule has 1 amide bonds. The Morgan fingerprint density at radius 2 is 1.87 bits per heavy atom. The summed E-state index contributed by atoms with van der Waals surface area (Å²) in [5, 5.41) is 12.3. The molecule has 7 heteroatoms. The van der Waals surface area contributed by atoms with Crippen LogP contribution in [0.4, 0.5) is 5.69 Å². The Hall–Kier alpha value is -2.58. The van der Waals surface area contributed by atoms with Crippen molar-refractivity contribution >= 4 is 62.9 Å². The zero-order chi connectivity index (χ0) is 22.2. The van der Waals surface area contributed by atoms with Crippen molar-refractivity contribution in [2.24, 2.45) is 0 Å². The van der Waals surface area contributed by atoms with E-state index in [1.54, 1.807) is 19.2 Å². The number of nitrogens with zero attached hydrogens (tertiary/aromatic N) is 1. The Kier molecular flexibility index (Phi) is 8.31. The molecule has 0 fully saturated rings. The quantitative estimate of drug-likeness (QED) is 0.196. The van der Waals surface area contributed by atoms with Gasteiger partial charge in [-0.25, -0.2) is 0 Å². The normalized spacial score (nSPS) is 10.8. The van der Waals surface area contributed by atoms with Crippen LogP contribution in [0, 0.1) is 18.5 Å². The molecule has 5 nitrogen and oxygen atoms in total. The molecule has 0 saturated carbocycles. The van der Waals surface area contributed by atoms with Gasteiger partial charge >= 0.3 is 0 Å². The van der Waals surface area contributed by atoms with E-state index in [1.165, 1.54) is 6.08 Å². The van der Waals surface area contributed by atoms with Gasteiger partial charge in [0.1, 0.15) is 18.2 Å². The fourth-order valence-electron chi connectivity index (χ4n) is 2.77. The van der Waals surface area contributed by atoms with Gasteiger partial charge in [0.2, 0.25) is 0 Å². The molecule has 0 aliphatic rings. The van der Waals surface area contributed by atoms with Crippen molar-refractivity contribution in [1.82, 2.24) is 0 Å². The van der Waals surface area contributed by atoms with Gasteiger partial charge in [0.25, 0.3) is 5.91 Å². The van der Waals surface area contributed by atoms with Crippen LogP contribution in [0.3, 0.4) is 0 Å². The van der Waals surface area contributed by atoms with E-state index >= 15 is 0 Å². The third-order valence-electron chi connectivity index (χ3n) is 4.24. The third kappa shape index (κ3) is 6.45. The maximum Gasteiger partial charge on any atom is 0.266 e. The molecule has 0 spiro atoms. The van der Waals surface area contributed by atoms with Crippen LogP contribution >= 0.6 is 45.2 Å². The highest BCUT2D eigenvalue weighted by molar-refractivity contribution is 14.1. The summed E-state index contributed by atoms with van der Waals surface area (Å²) in [5.74, 6) is 0.679. The molecule has 0 unspecified atom stereocenters. The second kappa shape index (κ2) is 11.2. The summed E-state index contributed by atoms with van der Waals surface area (Å²) in [6.07, 6.45) is 1.54. The molecule has 0 radical (unpaired) electrons. The highest BCUT2D eigenvalue weighted by Crippen LogP contribution is 2.35. The van der Waals surface area contributed by atoms with Crippen LogP contribution in [-0.2, 0) is 11.4 Å². The standard InChI is InChI=1S/C24H18I2N2O3/c1-30-22-12-17(11-21(26)23(22)31-15-16-6-3-2-4-7-16)10-18(14-27)24(29)28-20-9-5-8-19(25)13-20/h2-13H,15H2,1H3,(H,28,29)/b18-10+. The molecule has 0 aliphatic heterocycles. The van der Waals surface area contributed by atoms with Crippen molar-refractivity contribution in [3.8, 4) is 17.6 Å². The second-order valence-electron chi connectivity index (χ2n) is 6.44. The molecule has 0 bridgehead atoms. The van der Waals surface area contributed by atoms with E-state index in [0.717, 1.165) is 12.7 Å². The molecule has 31 heavy (non-hydrogen) atoms. The first kappa shape index (κ1) is 23.1. The number of nitrogens with one attached hydrogen (secondary N) is 1. The fourth-order valence-corrected chi connectivity index (χ4v) is 4.10. The monoisotopic (exact) mass is 636 g/mol. The molecular weight excluding hydrogens is 618 g/mol. The summed E-state index contributed by atoms with van der Waals surface area (Å²) in [6, 6.07) is 22.8. The molecule has 3 aromatic carbocycles. The van der Waals surface area contributed by atoms with Crippen LogP contribution in [0.15, 0.2) is 72.3 Å². The van der Waals surface area contributed by atoms with Gasteiger partial charge in [0.05, 0.1) is 10.7 Å². The number of carbonyl (C=O) groups excluding carboxylic acids is 1. The van der Waals surface area contributed by atoms with Crippen LogP contribution in [0.25, 0.3) is 6.08 Å². The molecule has 0 atom stereocenters. The number of hydrogen-bond acceptors (Lipinski definition) is 4. The lowest BCUT2D eigenvalue weighted by Crippen LogP contribution is -2.13. The number of nitriles is 1. The van der Waals surface area contributed by atoms with E-state index in [-0.39, 0.29) is 5.57 Å². The molecule has 0 heterocycles. The Morgan fingerprint density at radius 3 is 2.55 bits per heavy atom. The summed E-state index contributed by atoms with van der Waals surface area (Å²) in [7, 11) is 1.56. The van der Waals surface area contributed by atoms with Gasteiger partial charge in [-0.1, -0.05) is 36.4 Å². The maximum atomic E-state index is 12.6. The topological polar surface area (TPSA) is 71.3 Å². The first-order valence-corrected chi connectivity index (χ1v) is 11.4. The molecule has 3 aromatic rings. The van der Waals surface area contributed by atoms with Crippen molar-refractivity contribution in [1.29, 1.82) is 5.26 Å². The van der Waals surface area contributed by atoms with Gasteiger partial charge in [0.15, 0.2) is 11.5 Å². The van der Waals surface area contributed by atoms with Gasteiger partial charge < -0.3 is 14.8 Å². The minimum Gasteiger partial charge on any atom is -0.493 e. The predicted molar refractivity (Wildman–Crippen MR) is 138 cm³/mol. The number of benzene rings is 3. The first-order chi connectivity index (χ1) is 15.0. The minimum atomic E-state index is -0.470. The second-order valence-corrected chi connectivity index (χ2v) is 8.85. The molecule has 0 saturated heterocycles. The van der Waals surface area contributed by atoms with Crippen LogP contribution in [-0.4, -0.2) is 13.0 Å². The van der Waals surface area contributed by atoms with Gasteiger partial charge in [-0.05, 0) is 92.7 Å². The van der Waals surface area contributed by atoms with Crippen LogP contribution < -0.4 is 14.8 Å². The number of halogens is 2. The fraction of sp³-hybridized carbons (Fsp3) is 0.0833. The Morgan fingerprint density at radius 1 is 1.10 bits per heavy atom. The van der Waals surface area contributed by atoms with Crippen molar-refractivity contribution in [3.05, 3.63) is 90.6 Å². The summed E-state index contributed by atoms with van der Waals surface area (Å²) >= 11 is 4.32. The number of amides is 1. The Balaban J connectivity index is 1.82. The van der Waals surface area contributed by atoms with Crippen molar-refractivity contribution in [2.75, 3.05) is 12.4 Å². The number of methoxy groups -OCH3 is 1. The van der Waals surface area contributed by atoms with Crippen molar-refractivity contribution in [3.63, 3.8) is 0 Å². The average Bonchev–Trinajstić information content (AvgIpc) is 2.77. The minimum absolute atomic E-state index is 0.00494. The largest absolute Gasteiger partial charge is 0.493 e. The van der Waals surface area contributed by atoms with E-state index in [2.05, 4.69) is 50.5 Å². The van der Waals surface area contributed by atoms with E-state index in [4.69, 9.17) is 9.47 Å². The van der Waals surface area contributed by atoms with Crippen molar-refractivity contribution < 1.29 is 14.3 Å². The van der Waals surface area contributed by atoms with Crippen LogP contribution in [0.2, 0.25) is 0 Å². The van der Waals surface area contributed by atoms with Gasteiger partial charge in [-0.15, -0.1) is 0 Å². The summed E-state index contributed by atoms with van der Waals surface area (Å²) < 4.78 is 13.3. The van der Waals surface area contributed by atoms with Crippen LogP contribution in [0.5, 0.6) is 11.5 Å². The highest BCUT2D eigenvalue weighted by Gasteiger charge is 2.14. The SMILES string of the molecule is COc1cc(/C=C(\C#N)C(=O)Nc2cccc(I)c2)cc(I)c1OCc1ccccc1. The number of carbonyl (C=O) groups is 1. The molecule has 0 aromatic heterocycles. The summed E-state index contributed by atoms with van der Waals surface area (Å²) in [6.45, 7) is 0.407. The first-order valence-electron chi connectivity index (χ1n) is 9.23. The zero-order valence-corrected chi connectivity index (χ0v) is 20.9. The lowest BCUT2D eigenvalue weighted by molar-refractivity contribution is -0.112. The van der Waals surface area contributed by atoms with Gasteiger partial charge in [-0.3, -0.25) is 4.79 Å². The van der Waals surface area contributed by atoms with Gasteiger partial charge in [0, 0.05) is 9.26 Å². The van der Waals surface area contributed by atoms with E-state index in [1.807, 2.05) is 60.7 Å². The molecular formula is C24H18I2N2O3. The summed E-state index contributed by atoms with van der Waals surface area (Å²) in [4.78, 5) is 12.6. The van der Waals surface area contributed by atoms with Crippen molar-refractivity contribution in [2.45, 2.75) is 6.61 Å². The van der Waals surface area contributed by atoms with E-state index < -0.39 is 5.91 Å². The number of ether oxygens (including phenoxy) is 2. The lowest BCUT2D eigenvalue weighted by Gasteiger charge is -2.14. The lowest BCUT2D eigenvalue weighted by atomic mass is 10.1. The zero-order valence-electron chi connectivity index (χ0n) is 16.6. The average molecular weight is 636 g/mol. The predicted octanol–water partition coefficient (Wildman–Crippen LogP) is 6.03. The number of rotatable bonds is 7. The maximum absolute atomic E-state index is 12.6. The molecule has 1 N–H and O–H groups in total. The van der Waals surface area contributed by atoms with Gasteiger partial charge in [-0.2, -0.15) is 5.26 Å². The molecule has 0 aliphatic carbocycles.